The third-order valence-electron chi connectivity index (χ3n) is 4.22. The Bertz CT molecular complexity index is 283. The van der Waals surface area contributed by atoms with Gasteiger partial charge in [0.25, 0.3) is 0 Å². The Morgan fingerprint density at radius 2 is 1.85 bits per heavy atom. The minimum atomic E-state index is -1.10. The molecule has 3 nitrogen and oxygen atoms in total. The molecule has 0 aromatic carbocycles. The second-order valence-electron chi connectivity index (χ2n) is 7.49. The molecule has 1 fully saturated rings. The molecule has 0 spiro atoms. The summed E-state index contributed by atoms with van der Waals surface area (Å²) in [6.07, 6.45) is 9.25. The van der Waals surface area contributed by atoms with Crippen LogP contribution >= 0.6 is 0 Å². The van der Waals surface area contributed by atoms with E-state index in [4.69, 9.17) is 4.74 Å². The molecule has 0 saturated heterocycles. The Labute approximate surface area is 126 Å². The van der Waals surface area contributed by atoms with Crippen molar-refractivity contribution in [2.24, 2.45) is 5.92 Å². The van der Waals surface area contributed by atoms with Gasteiger partial charge in [0, 0.05) is 21.7 Å². The van der Waals surface area contributed by atoms with Crippen LogP contribution in [0.4, 0.5) is 4.79 Å². The van der Waals surface area contributed by atoms with E-state index in [1.807, 2.05) is 7.05 Å². The van der Waals surface area contributed by atoms with Crippen molar-refractivity contribution in [3.63, 3.8) is 0 Å². The van der Waals surface area contributed by atoms with Crippen molar-refractivity contribution in [1.82, 2.24) is 4.90 Å². The molecule has 1 saturated carbocycles. The summed E-state index contributed by atoms with van der Waals surface area (Å²) in [5, 5.41) is 0. The Morgan fingerprint density at radius 1 is 1.20 bits per heavy atom. The summed E-state index contributed by atoms with van der Waals surface area (Å²) in [5.74, 6) is 0.903. The molecule has 0 N–H and O–H groups in total. The van der Waals surface area contributed by atoms with E-state index < -0.39 is 8.07 Å². The molecule has 20 heavy (non-hydrogen) atoms. The molecule has 0 aliphatic heterocycles. The monoisotopic (exact) mass is 299 g/mol. The maximum atomic E-state index is 11.8. The molecule has 0 bridgehead atoms. The standard InChI is InChI=1S/C16H33NO2Si/c1-17(16(18)19-13-14-20(2,3)4)12-8-11-15-9-6-5-7-10-15/h15H,5-14H2,1-4H3. The average Bonchev–Trinajstić information content (AvgIpc) is 2.38. The first-order valence-electron chi connectivity index (χ1n) is 8.26. The fraction of sp³-hybridized carbons (Fsp3) is 0.938. The summed E-state index contributed by atoms with van der Waals surface area (Å²) >= 11 is 0. The van der Waals surface area contributed by atoms with Crippen molar-refractivity contribution in [2.45, 2.75) is 70.6 Å². The summed E-state index contributed by atoms with van der Waals surface area (Å²) in [5.41, 5.74) is 0. The molecule has 1 aliphatic carbocycles. The maximum Gasteiger partial charge on any atom is 0.409 e. The van der Waals surface area contributed by atoms with Crippen LogP contribution in [0.2, 0.25) is 25.7 Å². The minimum absolute atomic E-state index is 0.146. The van der Waals surface area contributed by atoms with Crippen LogP contribution in [0.25, 0.3) is 0 Å². The number of hydrogen-bond donors (Lipinski definition) is 0. The maximum absolute atomic E-state index is 11.8. The van der Waals surface area contributed by atoms with Crippen molar-refractivity contribution in [2.75, 3.05) is 20.2 Å². The largest absolute Gasteiger partial charge is 0.450 e. The number of ether oxygens (including phenoxy) is 1. The fourth-order valence-electron chi connectivity index (χ4n) is 2.74. The lowest BCUT2D eigenvalue weighted by molar-refractivity contribution is 0.114. The summed E-state index contributed by atoms with van der Waals surface area (Å²) in [6, 6.07) is 1.05. The third-order valence-corrected chi connectivity index (χ3v) is 5.92. The predicted octanol–water partition coefficient (Wildman–Crippen LogP) is 4.75. The van der Waals surface area contributed by atoms with E-state index in [1.165, 1.54) is 38.5 Å². The first-order valence-corrected chi connectivity index (χ1v) is 12.0. The van der Waals surface area contributed by atoms with E-state index in [0.717, 1.165) is 24.9 Å². The summed E-state index contributed by atoms with van der Waals surface area (Å²) in [4.78, 5) is 13.6. The molecule has 4 heteroatoms. The van der Waals surface area contributed by atoms with Gasteiger partial charge in [0.05, 0.1) is 6.61 Å². The number of carbonyl (C=O) groups is 1. The van der Waals surface area contributed by atoms with Crippen LogP contribution in [-0.2, 0) is 4.74 Å². The van der Waals surface area contributed by atoms with Crippen LogP contribution in [0.15, 0.2) is 0 Å². The van der Waals surface area contributed by atoms with E-state index in [-0.39, 0.29) is 6.09 Å². The van der Waals surface area contributed by atoms with Gasteiger partial charge in [-0.2, -0.15) is 0 Å². The van der Waals surface area contributed by atoms with Crippen LogP contribution in [0.5, 0.6) is 0 Å². The Balaban J connectivity index is 2.08. The molecule has 0 radical (unpaired) electrons. The molecule has 0 unspecified atom stereocenters. The fourth-order valence-corrected chi connectivity index (χ4v) is 3.45. The number of amides is 1. The molecule has 1 rings (SSSR count). The summed E-state index contributed by atoms with van der Waals surface area (Å²) < 4.78 is 5.34. The molecule has 0 atom stereocenters. The van der Waals surface area contributed by atoms with Gasteiger partial charge in [-0.15, -0.1) is 0 Å². The number of hydrogen-bond acceptors (Lipinski definition) is 2. The van der Waals surface area contributed by atoms with Crippen LogP contribution in [0.1, 0.15) is 44.9 Å². The van der Waals surface area contributed by atoms with Crippen molar-refractivity contribution in [3.8, 4) is 0 Å². The normalized spacial score (nSPS) is 17.0. The van der Waals surface area contributed by atoms with E-state index in [9.17, 15) is 4.79 Å². The molecular weight excluding hydrogens is 266 g/mol. The van der Waals surface area contributed by atoms with Gasteiger partial charge in [0.2, 0.25) is 0 Å². The summed E-state index contributed by atoms with van der Waals surface area (Å²) in [7, 11) is 0.756. The zero-order valence-electron chi connectivity index (χ0n) is 13.9. The molecule has 0 aromatic heterocycles. The molecule has 0 aromatic rings. The topological polar surface area (TPSA) is 29.5 Å². The molecule has 118 valence electrons. The van der Waals surface area contributed by atoms with Gasteiger partial charge in [0.1, 0.15) is 0 Å². The zero-order chi connectivity index (χ0) is 15.0. The van der Waals surface area contributed by atoms with Gasteiger partial charge in [-0.3, -0.25) is 0 Å². The summed E-state index contributed by atoms with van der Waals surface area (Å²) in [6.45, 7) is 8.32. The Morgan fingerprint density at radius 3 is 2.45 bits per heavy atom. The second kappa shape index (κ2) is 8.70. The highest BCUT2D eigenvalue weighted by molar-refractivity contribution is 6.76. The highest BCUT2D eigenvalue weighted by Crippen LogP contribution is 2.27. The number of carbonyl (C=O) groups excluding carboxylic acids is 1. The lowest BCUT2D eigenvalue weighted by Gasteiger charge is -2.23. The Hall–Kier alpha value is -0.513. The molecule has 1 amide bonds. The van der Waals surface area contributed by atoms with E-state index in [2.05, 4.69) is 19.6 Å². The quantitative estimate of drug-likeness (QED) is 0.635. The third kappa shape index (κ3) is 7.93. The highest BCUT2D eigenvalue weighted by Gasteiger charge is 2.17. The van der Waals surface area contributed by atoms with Gasteiger partial charge in [-0.25, -0.2) is 4.79 Å². The number of rotatable bonds is 7. The van der Waals surface area contributed by atoms with Gasteiger partial charge >= 0.3 is 6.09 Å². The van der Waals surface area contributed by atoms with Gasteiger partial charge in [-0.05, 0) is 24.8 Å². The highest BCUT2D eigenvalue weighted by atomic mass is 28.3. The van der Waals surface area contributed by atoms with Crippen LogP contribution in [-0.4, -0.2) is 39.3 Å². The van der Waals surface area contributed by atoms with Crippen molar-refractivity contribution in [1.29, 1.82) is 0 Å². The van der Waals surface area contributed by atoms with Gasteiger partial charge in [-0.1, -0.05) is 51.7 Å². The molecule has 1 aliphatic rings. The van der Waals surface area contributed by atoms with E-state index >= 15 is 0 Å². The second-order valence-corrected chi connectivity index (χ2v) is 13.1. The van der Waals surface area contributed by atoms with Crippen LogP contribution < -0.4 is 0 Å². The van der Waals surface area contributed by atoms with Crippen LogP contribution in [0.3, 0.4) is 0 Å². The van der Waals surface area contributed by atoms with Crippen molar-refractivity contribution in [3.05, 3.63) is 0 Å². The van der Waals surface area contributed by atoms with Crippen molar-refractivity contribution < 1.29 is 9.53 Å². The minimum Gasteiger partial charge on any atom is -0.450 e. The zero-order valence-corrected chi connectivity index (χ0v) is 14.9. The SMILES string of the molecule is CN(CCCC1CCCCC1)C(=O)OCC[Si](C)(C)C. The lowest BCUT2D eigenvalue weighted by atomic mass is 9.86. The smallest absolute Gasteiger partial charge is 0.409 e. The first-order chi connectivity index (χ1) is 9.38. The molecule has 0 heterocycles. The van der Waals surface area contributed by atoms with E-state index in [1.54, 1.807) is 4.90 Å². The molecular formula is C16H33NO2Si. The van der Waals surface area contributed by atoms with E-state index in [0.29, 0.717) is 6.61 Å². The van der Waals surface area contributed by atoms with Crippen LogP contribution in [0, 0.1) is 5.92 Å². The predicted molar refractivity (Wildman–Crippen MR) is 87.9 cm³/mol. The average molecular weight is 300 g/mol. The Kier molecular flexibility index (Phi) is 7.63. The van der Waals surface area contributed by atoms with Gasteiger partial charge < -0.3 is 9.64 Å². The lowest BCUT2D eigenvalue weighted by Crippen LogP contribution is -2.30. The van der Waals surface area contributed by atoms with Crippen molar-refractivity contribution >= 4 is 14.2 Å². The van der Waals surface area contributed by atoms with Gasteiger partial charge in [0.15, 0.2) is 0 Å². The first kappa shape index (κ1) is 17.5. The number of nitrogens with zero attached hydrogens (tertiary/aromatic N) is 1.